The van der Waals surface area contributed by atoms with Crippen LogP contribution in [0.25, 0.3) is 0 Å². The Morgan fingerprint density at radius 1 is 0.514 bits per heavy atom. The van der Waals surface area contributed by atoms with Crippen LogP contribution in [0.5, 0.6) is 11.5 Å². The maximum Gasteiger partial charge on any atom is 0.344 e. The lowest BCUT2D eigenvalue weighted by Gasteiger charge is -2.58. The minimum atomic E-state index is -0.313. The summed E-state index contributed by atoms with van der Waals surface area (Å²) < 4.78 is 24.0. The summed E-state index contributed by atoms with van der Waals surface area (Å²) in [4.78, 5) is 26.3. The van der Waals surface area contributed by atoms with E-state index in [2.05, 4.69) is 81.4 Å². The zero-order chi connectivity index (χ0) is 49.6. The summed E-state index contributed by atoms with van der Waals surface area (Å²) in [5.41, 5.74) is 4.52. The van der Waals surface area contributed by atoms with Crippen LogP contribution in [0.4, 0.5) is 0 Å². The van der Waals surface area contributed by atoms with E-state index in [9.17, 15) is 9.59 Å². The van der Waals surface area contributed by atoms with Crippen LogP contribution in [0, 0.1) is 92.7 Å². The number of rotatable bonds is 18. The molecule has 0 amide bonds. The summed E-state index contributed by atoms with van der Waals surface area (Å²) >= 11 is 0. The number of benzene rings is 1. The van der Waals surface area contributed by atoms with E-state index in [0.29, 0.717) is 22.3 Å². The Labute approximate surface area is 426 Å². The van der Waals surface area contributed by atoms with Crippen LogP contribution in [0.1, 0.15) is 210 Å². The first-order valence-corrected chi connectivity index (χ1v) is 29.5. The molecule has 6 fully saturated rings. The lowest BCUT2D eigenvalue weighted by molar-refractivity contribution is -0.154. The van der Waals surface area contributed by atoms with E-state index in [1.807, 2.05) is 0 Å². The molecule has 0 bridgehead atoms. The Hall–Kier alpha value is -2.76. The zero-order valence-corrected chi connectivity index (χ0v) is 46.0. The Balaban J connectivity index is 0.691. The molecular weight excluding hydrogens is 865 g/mol. The fourth-order valence-corrected chi connectivity index (χ4v) is 18.9. The van der Waals surface area contributed by atoms with E-state index in [1.165, 1.54) is 103 Å². The first-order valence-electron chi connectivity index (χ1n) is 29.5. The van der Waals surface area contributed by atoms with Crippen molar-refractivity contribution in [2.75, 3.05) is 13.2 Å². The number of hydrogen-bond acceptors (Lipinski definition) is 6. The third-order valence-electron chi connectivity index (χ3n) is 22.7. The molecule has 70 heavy (non-hydrogen) atoms. The predicted octanol–water partition coefficient (Wildman–Crippen LogP) is 16.4. The van der Waals surface area contributed by atoms with Gasteiger partial charge in [-0.1, -0.05) is 131 Å². The van der Waals surface area contributed by atoms with E-state index >= 15 is 0 Å². The number of ether oxygens (including phenoxy) is 4. The quantitative estimate of drug-likeness (QED) is 0.108. The first-order chi connectivity index (χ1) is 33.4. The molecule has 9 rings (SSSR count). The van der Waals surface area contributed by atoms with Gasteiger partial charge in [0.05, 0.1) is 0 Å². The number of allylic oxidation sites excluding steroid dienone is 2. The van der Waals surface area contributed by atoms with Crippen LogP contribution in [0.3, 0.4) is 0 Å². The van der Waals surface area contributed by atoms with E-state index in [0.717, 1.165) is 110 Å². The van der Waals surface area contributed by atoms with Crippen LogP contribution in [0.15, 0.2) is 47.6 Å². The lowest BCUT2D eigenvalue weighted by atomic mass is 9.47. The van der Waals surface area contributed by atoms with Crippen LogP contribution >= 0.6 is 0 Å². The number of hydrogen-bond donors (Lipinski definition) is 0. The Kier molecular flexibility index (Phi) is 15.8. The van der Waals surface area contributed by atoms with Gasteiger partial charge >= 0.3 is 11.9 Å². The lowest BCUT2D eigenvalue weighted by Crippen LogP contribution is -2.51. The summed E-state index contributed by atoms with van der Waals surface area (Å²) in [6, 6.07) is 7.16. The van der Waals surface area contributed by atoms with Crippen LogP contribution in [-0.2, 0) is 19.1 Å². The van der Waals surface area contributed by atoms with Crippen molar-refractivity contribution >= 4 is 11.9 Å². The minimum Gasteiger partial charge on any atom is -0.482 e. The van der Waals surface area contributed by atoms with Gasteiger partial charge in [0.25, 0.3) is 0 Å². The summed E-state index contributed by atoms with van der Waals surface area (Å²) in [7, 11) is 0. The molecule has 0 spiro atoms. The maximum atomic E-state index is 13.1. The van der Waals surface area contributed by atoms with Crippen LogP contribution in [0.2, 0.25) is 0 Å². The van der Waals surface area contributed by atoms with Crippen molar-refractivity contribution < 1.29 is 28.5 Å². The molecule has 8 aliphatic carbocycles. The molecule has 6 nitrogen and oxygen atoms in total. The molecule has 0 aromatic heterocycles. The number of carbonyl (C=O) groups excluding carboxylic acids is 2. The molecule has 0 heterocycles. The smallest absolute Gasteiger partial charge is 0.344 e. The summed E-state index contributed by atoms with van der Waals surface area (Å²) in [5, 5.41) is 0. The van der Waals surface area contributed by atoms with Gasteiger partial charge in [0.2, 0.25) is 0 Å². The van der Waals surface area contributed by atoms with Crippen molar-refractivity contribution in [2.45, 2.75) is 223 Å². The summed E-state index contributed by atoms with van der Waals surface area (Å²) in [6.45, 7) is 24.8. The standard InChI is InChI=1S/C64H98O6/c1-41(2)13-11-15-43(5)53-25-27-55-51-23-17-45-37-49(29-33-61(45,7)57(51)31-35-63(53,55)9)69-59(65)39-67-47-19-21-48(22-20-47)68-40-60(66)70-50-30-34-62(8)46(38-50)18-24-52-56-28-26-54(44(6)16-12-14-42(3)4)64(56,10)36-32-58(52)62/h17-22,41-44,49-58H,11-16,23-40H2,1-10H3. The average Bonchev–Trinajstić information content (AvgIpc) is 3.87. The molecular formula is C64H98O6. The minimum absolute atomic E-state index is 0.0875. The molecule has 1 aromatic carbocycles. The van der Waals surface area contributed by atoms with Crippen molar-refractivity contribution in [3.05, 3.63) is 47.6 Å². The normalized spacial score (nSPS) is 39.5. The fraction of sp³-hybridized carbons (Fsp3) is 0.812. The van der Waals surface area contributed by atoms with E-state index in [4.69, 9.17) is 18.9 Å². The Morgan fingerprint density at radius 2 is 0.914 bits per heavy atom. The second kappa shape index (κ2) is 21.2. The fourth-order valence-electron chi connectivity index (χ4n) is 18.9. The number of carbonyl (C=O) groups is 2. The SMILES string of the molecule is CC(C)CCCC(C)C1CCC2C3CC=C4CC(OC(=O)COc5ccc(OCC(=O)OC6CCC7(C)C(=CCC8C7CCC7(C)C(C(C)CCCC(C)C)CCC87)C6)cc5)CCC4(C)C3CCC12C. The van der Waals surface area contributed by atoms with Gasteiger partial charge in [0, 0.05) is 12.8 Å². The highest BCUT2D eigenvalue weighted by molar-refractivity contribution is 5.72. The molecule has 8 aliphatic rings. The molecule has 16 unspecified atom stereocenters. The van der Waals surface area contributed by atoms with Gasteiger partial charge in [-0.3, -0.25) is 0 Å². The van der Waals surface area contributed by atoms with Gasteiger partial charge in [-0.2, -0.15) is 0 Å². The second-order valence-corrected chi connectivity index (χ2v) is 27.3. The molecule has 16 atom stereocenters. The highest BCUT2D eigenvalue weighted by Gasteiger charge is 2.61. The molecule has 0 saturated heterocycles. The van der Waals surface area contributed by atoms with E-state index in [-0.39, 0.29) is 48.2 Å². The monoisotopic (exact) mass is 963 g/mol. The first kappa shape index (κ1) is 52.1. The van der Waals surface area contributed by atoms with Gasteiger partial charge in [0.15, 0.2) is 13.2 Å². The van der Waals surface area contributed by atoms with Crippen molar-refractivity contribution in [1.29, 1.82) is 0 Å². The van der Waals surface area contributed by atoms with Crippen molar-refractivity contribution in [1.82, 2.24) is 0 Å². The number of esters is 2. The van der Waals surface area contributed by atoms with Crippen molar-refractivity contribution in [3.63, 3.8) is 0 Å². The highest BCUT2D eigenvalue weighted by atomic mass is 16.6. The van der Waals surface area contributed by atoms with E-state index < -0.39 is 0 Å². The second-order valence-electron chi connectivity index (χ2n) is 27.3. The number of fused-ring (bicyclic) bond motifs is 10. The average molecular weight is 963 g/mol. The van der Waals surface area contributed by atoms with Crippen LogP contribution < -0.4 is 9.47 Å². The van der Waals surface area contributed by atoms with Gasteiger partial charge < -0.3 is 18.9 Å². The Bertz CT molecular complexity index is 1890. The topological polar surface area (TPSA) is 71.1 Å². The summed E-state index contributed by atoms with van der Waals surface area (Å²) in [5.74, 6) is 10.4. The third-order valence-corrected chi connectivity index (χ3v) is 22.7. The van der Waals surface area contributed by atoms with E-state index in [1.54, 1.807) is 35.4 Å². The van der Waals surface area contributed by atoms with Crippen molar-refractivity contribution in [2.24, 2.45) is 92.7 Å². The predicted molar refractivity (Wildman–Crippen MR) is 283 cm³/mol. The highest BCUT2D eigenvalue weighted by Crippen LogP contribution is 2.69. The molecule has 1 aromatic rings. The molecule has 6 heteroatoms. The van der Waals surface area contributed by atoms with Gasteiger partial charge in [-0.15, -0.1) is 0 Å². The largest absolute Gasteiger partial charge is 0.482 e. The zero-order valence-electron chi connectivity index (χ0n) is 46.0. The van der Waals surface area contributed by atoms with Gasteiger partial charge in [-0.25, -0.2) is 9.59 Å². The molecule has 390 valence electrons. The third kappa shape index (κ3) is 10.4. The summed E-state index contributed by atoms with van der Waals surface area (Å²) in [6.07, 6.45) is 32.6. The van der Waals surface area contributed by atoms with Gasteiger partial charge in [0.1, 0.15) is 23.7 Å². The van der Waals surface area contributed by atoms with Gasteiger partial charge in [-0.05, 0) is 207 Å². The Morgan fingerprint density at radius 3 is 1.30 bits per heavy atom. The maximum absolute atomic E-state index is 13.1. The molecule has 6 saturated carbocycles. The van der Waals surface area contributed by atoms with Crippen LogP contribution in [-0.4, -0.2) is 37.4 Å². The molecule has 0 N–H and O–H groups in total. The van der Waals surface area contributed by atoms with Crippen molar-refractivity contribution in [3.8, 4) is 11.5 Å². The molecule has 0 aliphatic heterocycles. The molecule has 0 radical (unpaired) electrons.